The van der Waals surface area contributed by atoms with Crippen molar-refractivity contribution in [3.8, 4) is 11.6 Å². The van der Waals surface area contributed by atoms with Crippen LogP contribution < -0.4 is 4.74 Å². The minimum absolute atomic E-state index is 0.0828. The predicted molar refractivity (Wildman–Crippen MR) is 61.1 cm³/mol. The molecular weight excluding hydrogens is 249 g/mol. The van der Waals surface area contributed by atoms with Crippen molar-refractivity contribution in [3.05, 3.63) is 40.5 Å². The number of rotatable bonds is 2. The number of pyridine rings is 1. The van der Waals surface area contributed by atoms with Crippen molar-refractivity contribution in [3.63, 3.8) is 0 Å². The summed E-state index contributed by atoms with van der Waals surface area (Å²) in [5.41, 5.74) is 0.902. The molecule has 2 aromatic rings. The van der Waals surface area contributed by atoms with E-state index in [0.717, 1.165) is 5.69 Å². The minimum Gasteiger partial charge on any atom is -0.436 e. The van der Waals surface area contributed by atoms with Gasteiger partial charge in [0, 0.05) is 5.69 Å². The Morgan fingerprint density at radius 1 is 1.12 bits per heavy atom. The van der Waals surface area contributed by atoms with E-state index in [2.05, 4.69) is 15.0 Å². The third-order valence-corrected chi connectivity index (χ3v) is 2.22. The van der Waals surface area contributed by atoms with E-state index in [1.54, 1.807) is 12.3 Å². The normalized spacial score (nSPS) is 10.2. The molecule has 0 unspecified atom stereocenters. The molecule has 0 radical (unpaired) electrons. The highest BCUT2D eigenvalue weighted by Crippen LogP contribution is 2.26. The van der Waals surface area contributed by atoms with Crippen molar-refractivity contribution in [2.24, 2.45) is 0 Å². The molecule has 0 saturated carbocycles. The molecule has 0 aliphatic rings. The van der Waals surface area contributed by atoms with Gasteiger partial charge in [-0.05, 0) is 30.7 Å². The van der Waals surface area contributed by atoms with Crippen molar-refractivity contribution >= 4 is 23.2 Å². The molecule has 4 nitrogen and oxygen atoms in total. The van der Waals surface area contributed by atoms with Gasteiger partial charge in [-0.2, -0.15) is 4.98 Å². The Bertz CT molecular complexity index is 502. The van der Waals surface area contributed by atoms with E-state index < -0.39 is 0 Å². The molecule has 0 bridgehead atoms. The summed E-state index contributed by atoms with van der Waals surface area (Å²) in [6, 6.07) is 3.60. The molecule has 0 spiro atoms. The highest BCUT2D eigenvalue weighted by Gasteiger charge is 2.06. The highest BCUT2D eigenvalue weighted by atomic mass is 35.5. The van der Waals surface area contributed by atoms with Gasteiger partial charge in [-0.25, -0.2) is 4.98 Å². The van der Waals surface area contributed by atoms with Crippen molar-refractivity contribution in [1.82, 2.24) is 15.0 Å². The van der Waals surface area contributed by atoms with Crippen LogP contribution in [-0.2, 0) is 0 Å². The number of ether oxygens (including phenoxy) is 1. The average Bonchev–Trinajstić information content (AvgIpc) is 2.27. The fourth-order valence-electron chi connectivity index (χ4n) is 1.03. The fourth-order valence-corrected chi connectivity index (χ4v) is 1.28. The van der Waals surface area contributed by atoms with Gasteiger partial charge >= 0.3 is 0 Å². The quantitative estimate of drug-likeness (QED) is 0.773. The summed E-state index contributed by atoms with van der Waals surface area (Å²) in [6.45, 7) is 1.89. The first kappa shape index (κ1) is 11.1. The topological polar surface area (TPSA) is 47.9 Å². The molecule has 0 saturated heterocycles. The van der Waals surface area contributed by atoms with Gasteiger partial charge in [-0.3, -0.25) is 4.98 Å². The van der Waals surface area contributed by atoms with E-state index in [-0.39, 0.29) is 11.2 Å². The van der Waals surface area contributed by atoms with E-state index in [1.165, 1.54) is 6.20 Å². The van der Waals surface area contributed by atoms with E-state index in [1.807, 2.05) is 13.0 Å². The molecule has 0 N–H and O–H groups in total. The van der Waals surface area contributed by atoms with E-state index in [9.17, 15) is 0 Å². The summed E-state index contributed by atoms with van der Waals surface area (Å²) in [7, 11) is 0. The number of hydrogen-bond donors (Lipinski definition) is 0. The summed E-state index contributed by atoms with van der Waals surface area (Å²) in [6.07, 6.45) is 2.97. The lowest BCUT2D eigenvalue weighted by Crippen LogP contribution is -1.92. The van der Waals surface area contributed by atoms with Crippen LogP contribution >= 0.6 is 23.2 Å². The molecule has 2 rings (SSSR count). The molecule has 82 valence electrons. The Kier molecular flexibility index (Phi) is 3.22. The summed E-state index contributed by atoms with van der Waals surface area (Å²) in [5.74, 6) is 0.759. The summed E-state index contributed by atoms with van der Waals surface area (Å²) < 4.78 is 5.41. The summed E-state index contributed by atoms with van der Waals surface area (Å²) in [5, 5.41) is 0.379. The first-order valence-electron chi connectivity index (χ1n) is 4.44. The zero-order chi connectivity index (χ0) is 11.5. The van der Waals surface area contributed by atoms with Crippen LogP contribution in [0, 0.1) is 6.92 Å². The van der Waals surface area contributed by atoms with Crippen molar-refractivity contribution < 1.29 is 4.74 Å². The SMILES string of the molecule is Cc1ccc(Oc2nc(Cl)ncc2Cl)cn1. The Morgan fingerprint density at radius 3 is 2.62 bits per heavy atom. The third kappa shape index (κ3) is 2.59. The second kappa shape index (κ2) is 4.63. The van der Waals surface area contributed by atoms with Gasteiger partial charge in [0.2, 0.25) is 11.2 Å². The van der Waals surface area contributed by atoms with Gasteiger partial charge in [0.15, 0.2) is 0 Å². The van der Waals surface area contributed by atoms with Crippen LogP contribution in [0.2, 0.25) is 10.3 Å². The Morgan fingerprint density at radius 2 is 1.94 bits per heavy atom. The summed E-state index contributed by atoms with van der Waals surface area (Å²) >= 11 is 11.5. The first-order valence-corrected chi connectivity index (χ1v) is 5.19. The van der Waals surface area contributed by atoms with Crippen molar-refractivity contribution in [1.29, 1.82) is 0 Å². The number of aryl methyl sites for hydroxylation is 1. The van der Waals surface area contributed by atoms with Crippen LogP contribution in [0.4, 0.5) is 0 Å². The maximum atomic E-state index is 5.85. The second-order valence-corrected chi connectivity index (χ2v) is 3.77. The Labute approximate surface area is 102 Å². The Hall–Kier alpha value is -1.39. The van der Waals surface area contributed by atoms with Crippen molar-refractivity contribution in [2.75, 3.05) is 0 Å². The number of halogens is 2. The average molecular weight is 256 g/mol. The maximum Gasteiger partial charge on any atom is 0.242 e. The molecule has 2 aromatic heterocycles. The molecule has 0 amide bonds. The molecule has 6 heteroatoms. The zero-order valence-corrected chi connectivity index (χ0v) is 9.83. The van der Waals surface area contributed by atoms with Crippen LogP contribution in [0.25, 0.3) is 0 Å². The number of aromatic nitrogens is 3. The zero-order valence-electron chi connectivity index (χ0n) is 8.32. The van der Waals surface area contributed by atoms with Crippen LogP contribution in [-0.4, -0.2) is 15.0 Å². The third-order valence-electron chi connectivity index (χ3n) is 1.78. The van der Waals surface area contributed by atoms with Crippen LogP contribution in [0.3, 0.4) is 0 Å². The van der Waals surface area contributed by atoms with Gasteiger partial charge in [-0.15, -0.1) is 0 Å². The van der Waals surface area contributed by atoms with Gasteiger partial charge in [-0.1, -0.05) is 11.6 Å². The standard InChI is InChI=1S/C10H7Cl2N3O/c1-6-2-3-7(4-13-6)16-9-8(11)5-14-10(12)15-9/h2-5H,1H3. The van der Waals surface area contributed by atoms with E-state index in [4.69, 9.17) is 27.9 Å². The van der Waals surface area contributed by atoms with Gasteiger partial charge in [0.25, 0.3) is 0 Å². The molecule has 16 heavy (non-hydrogen) atoms. The first-order chi connectivity index (χ1) is 7.65. The molecular formula is C10H7Cl2N3O. The number of nitrogens with zero attached hydrogens (tertiary/aromatic N) is 3. The largest absolute Gasteiger partial charge is 0.436 e. The van der Waals surface area contributed by atoms with Gasteiger partial charge in [0.1, 0.15) is 10.8 Å². The molecule has 0 aromatic carbocycles. The second-order valence-electron chi connectivity index (χ2n) is 3.03. The maximum absolute atomic E-state index is 5.85. The highest BCUT2D eigenvalue weighted by molar-refractivity contribution is 6.32. The van der Waals surface area contributed by atoms with Crippen LogP contribution in [0.1, 0.15) is 5.69 Å². The van der Waals surface area contributed by atoms with Crippen LogP contribution in [0.15, 0.2) is 24.5 Å². The molecule has 0 aliphatic heterocycles. The van der Waals surface area contributed by atoms with E-state index in [0.29, 0.717) is 10.8 Å². The monoisotopic (exact) mass is 255 g/mol. The number of hydrogen-bond acceptors (Lipinski definition) is 4. The molecule has 2 heterocycles. The lowest BCUT2D eigenvalue weighted by atomic mass is 10.4. The fraction of sp³-hybridized carbons (Fsp3) is 0.100. The Balaban J connectivity index is 2.26. The smallest absolute Gasteiger partial charge is 0.242 e. The summed E-state index contributed by atoms with van der Waals surface area (Å²) in [4.78, 5) is 11.7. The van der Waals surface area contributed by atoms with Crippen molar-refractivity contribution in [2.45, 2.75) is 6.92 Å². The van der Waals surface area contributed by atoms with Gasteiger partial charge in [0.05, 0.1) is 12.4 Å². The van der Waals surface area contributed by atoms with E-state index >= 15 is 0 Å². The minimum atomic E-state index is 0.0828. The van der Waals surface area contributed by atoms with Gasteiger partial charge < -0.3 is 4.74 Å². The molecule has 0 aliphatic carbocycles. The molecule has 0 atom stereocenters. The lowest BCUT2D eigenvalue weighted by molar-refractivity contribution is 0.459. The lowest BCUT2D eigenvalue weighted by Gasteiger charge is -2.05. The predicted octanol–water partition coefficient (Wildman–Crippen LogP) is 3.28. The van der Waals surface area contributed by atoms with Crippen LogP contribution in [0.5, 0.6) is 11.6 Å². The molecule has 0 fully saturated rings.